The summed E-state index contributed by atoms with van der Waals surface area (Å²) in [5, 5.41) is 0. The quantitative estimate of drug-likeness (QED) is 0.0533. The average Bonchev–Trinajstić information content (AvgIpc) is 3.48. The molecule has 0 radical (unpaired) electrons. The average molecular weight is 1150 g/mol. The van der Waals surface area contributed by atoms with Crippen molar-refractivity contribution in [3.05, 3.63) is 0 Å². The molecule has 0 atom stereocenters. The Morgan fingerprint density at radius 3 is 0.256 bits per heavy atom. The molecule has 0 heteroatoms. The van der Waals surface area contributed by atoms with Crippen LogP contribution in [-0.2, 0) is 0 Å². The maximum absolute atomic E-state index is 2.32. The largest absolute Gasteiger partial charge is 0.0654 e. The molecule has 494 valence electrons. The molecule has 0 aliphatic carbocycles. The minimum Gasteiger partial charge on any atom is -0.0654 e. The minimum absolute atomic E-state index is 1.03. The lowest BCUT2D eigenvalue weighted by Gasteiger charge is -2.17. The smallest absolute Gasteiger partial charge is 0.0414 e. The van der Waals surface area contributed by atoms with Gasteiger partial charge in [0.1, 0.15) is 0 Å². The van der Waals surface area contributed by atoms with Crippen LogP contribution in [0.3, 0.4) is 0 Å². The molecule has 0 heterocycles. The molecule has 0 aromatic rings. The van der Waals surface area contributed by atoms with E-state index >= 15 is 0 Å². The van der Waals surface area contributed by atoms with Crippen LogP contribution in [0.5, 0.6) is 0 Å². The Kier molecular flexibility index (Phi) is 79.0. The van der Waals surface area contributed by atoms with Crippen LogP contribution in [0.4, 0.5) is 0 Å². The molecule has 0 saturated carbocycles. The number of unbranched alkanes of at least 4 members (excludes halogenated alkanes) is 72. The normalized spacial score (nSPS) is 11.9. The number of hydrogen-bond donors (Lipinski definition) is 0. The van der Waals surface area contributed by atoms with Crippen molar-refractivity contribution < 1.29 is 0 Å². The van der Waals surface area contributed by atoms with E-state index in [2.05, 4.69) is 20.8 Å². The topological polar surface area (TPSA) is 0 Å². The molecule has 0 amide bonds. The Morgan fingerprint density at radius 2 is 0.171 bits per heavy atom. The summed E-state index contributed by atoms with van der Waals surface area (Å²) in [6.07, 6.45) is 116. The van der Waals surface area contributed by atoms with Gasteiger partial charge in [0.25, 0.3) is 0 Å². The first-order chi connectivity index (χ1) is 40.8. The first-order valence-electron chi connectivity index (χ1n) is 40.8. The minimum atomic E-state index is 1.03. The van der Waals surface area contributed by atoms with Crippen LogP contribution in [-0.4, -0.2) is 0 Å². The molecule has 0 aromatic carbocycles. The van der Waals surface area contributed by atoms with Crippen LogP contribution in [0.1, 0.15) is 522 Å². The van der Waals surface area contributed by atoms with E-state index in [1.807, 2.05) is 0 Å². The zero-order valence-electron chi connectivity index (χ0n) is 58.7. The van der Waals surface area contributed by atoms with Gasteiger partial charge in [-0.2, -0.15) is 0 Å². The first-order valence-corrected chi connectivity index (χ1v) is 40.8. The predicted molar refractivity (Wildman–Crippen MR) is 381 cm³/mol. The lowest BCUT2D eigenvalue weighted by Crippen LogP contribution is -2.01. The summed E-state index contributed by atoms with van der Waals surface area (Å²) in [5.41, 5.74) is 0. The van der Waals surface area contributed by atoms with Crippen molar-refractivity contribution in [1.82, 2.24) is 0 Å². The fraction of sp³-hybridized carbons (Fsp3) is 1.00. The van der Waals surface area contributed by atoms with E-state index in [0.29, 0.717) is 0 Å². The van der Waals surface area contributed by atoms with Gasteiger partial charge >= 0.3 is 0 Å². The van der Waals surface area contributed by atoms with Crippen LogP contribution in [0.15, 0.2) is 0 Å². The van der Waals surface area contributed by atoms with E-state index in [-0.39, 0.29) is 0 Å². The Bertz CT molecular complexity index is 971. The molecule has 0 spiro atoms. The van der Waals surface area contributed by atoms with E-state index < -0.39 is 0 Å². The summed E-state index contributed by atoms with van der Waals surface area (Å²) < 4.78 is 0. The van der Waals surface area contributed by atoms with Crippen molar-refractivity contribution >= 4 is 0 Å². The van der Waals surface area contributed by atoms with Crippen LogP contribution < -0.4 is 0 Å². The summed E-state index contributed by atoms with van der Waals surface area (Å²) >= 11 is 0. The summed E-state index contributed by atoms with van der Waals surface area (Å²) in [7, 11) is 0. The second-order valence-electron chi connectivity index (χ2n) is 28.7. The molecule has 0 aliphatic heterocycles. The van der Waals surface area contributed by atoms with E-state index in [1.54, 1.807) is 0 Å². The highest BCUT2D eigenvalue weighted by molar-refractivity contribution is 4.63. The summed E-state index contributed by atoms with van der Waals surface area (Å²) in [4.78, 5) is 0. The molecule has 0 aliphatic rings. The van der Waals surface area contributed by atoms with Crippen molar-refractivity contribution in [3.63, 3.8) is 0 Å². The Hall–Kier alpha value is 0. The SMILES string of the molecule is CCCCCCCCCCCCCCCCCCCCCCCCCCCCC(CCCCCCCCCCCCCCCCCCCCCCCCC)CCCCCCCCCCCCCCCCCCCCCCCCCCCC. The van der Waals surface area contributed by atoms with Gasteiger partial charge in [-0.1, -0.05) is 522 Å². The third-order valence-corrected chi connectivity index (χ3v) is 20.1. The van der Waals surface area contributed by atoms with Gasteiger partial charge in [0.2, 0.25) is 0 Å². The highest BCUT2D eigenvalue weighted by Crippen LogP contribution is 2.26. The second kappa shape index (κ2) is 79.0. The summed E-state index contributed by atoms with van der Waals surface area (Å²) in [5.74, 6) is 1.03. The van der Waals surface area contributed by atoms with Crippen molar-refractivity contribution in [3.8, 4) is 0 Å². The first kappa shape index (κ1) is 82.0. The summed E-state index contributed by atoms with van der Waals surface area (Å²) in [6, 6.07) is 0. The molecule has 0 saturated heterocycles. The third kappa shape index (κ3) is 76.1. The van der Waals surface area contributed by atoms with E-state index in [1.165, 1.54) is 501 Å². The maximum atomic E-state index is 2.32. The zero-order chi connectivity index (χ0) is 58.7. The van der Waals surface area contributed by atoms with E-state index in [4.69, 9.17) is 0 Å². The van der Waals surface area contributed by atoms with Gasteiger partial charge < -0.3 is 0 Å². The fourth-order valence-electron chi connectivity index (χ4n) is 14.1. The van der Waals surface area contributed by atoms with E-state index in [9.17, 15) is 0 Å². The number of hydrogen-bond acceptors (Lipinski definition) is 0. The molecule has 0 fully saturated rings. The summed E-state index contributed by atoms with van der Waals surface area (Å²) in [6.45, 7) is 6.97. The third-order valence-electron chi connectivity index (χ3n) is 20.1. The van der Waals surface area contributed by atoms with Crippen LogP contribution in [0.25, 0.3) is 0 Å². The predicted octanol–water partition coefficient (Wildman–Crippen LogP) is 32.1. The van der Waals surface area contributed by atoms with Gasteiger partial charge in [0.05, 0.1) is 0 Å². The monoisotopic (exact) mass is 1150 g/mol. The zero-order valence-corrected chi connectivity index (χ0v) is 58.7. The van der Waals surface area contributed by atoms with Crippen molar-refractivity contribution in [1.29, 1.82) is 0 Å². The highest BCUT2D eigenvalue weighted by atomic mass is 14.2. The fourth-order valence-corrected chi connectivity index (χ4v) is 14.1. The second-order valence-corrected chi connectivity index (χ2v) is 28.7. The molecule has 0 N–H and O–H groups in total. The Balaban J connectivity index is 3.99. The van der Waals surface area contributed by atoms with Gasteiger partial charge in [-0.05, 0) is 5.92 Å². The van der Waals surface area contributed by atoms with Gasteiger partial charge in [0, 0.05) is 0 Å². The Labute approximate surface area is 524 Å². The molecule has 0 rings (SSSR count). The molecule has 0 nitrogen and oxygen atoms in total. The van der Waals surface area contributed by atoms with Crippen LogP contribution in [0.2, 0.25) is 0 Å². The molecular weight excluding hydrogens is 985 g/mol. The van der Waals surface area contributed by atoms with E-state index in [0.717, 1.165) is 5.92 Å². The standard InChI is InChI=1S/C82H166/c1-4-7-10-13-16-19-22-25-28-31-34-37-40-42-44-47-50-53-56-59-62-65-68-71-74-77-80-82(79-76-73-70-67-64-61-58-55-52-49-46-39-36-33-30-27-24-21-18-15-12-9-6-3)81-78-75-72-69-66-63-60-57-54-51-48-45-43-41-38-35-32-29-26-23-20-17-14-11-8-5-2/h82H,4-81H2,1-3H3. The maximum Gasteiger partial charge on any atom is -0.0414 e. The van der Waals surface area contributed by atoms with Gasteiger partial charge in [0.15, 0.2) is 0 Å². The van der Waals surface area contributed by atoms with Crippen molar-refractivity contribution in [2.24, 2.45) is 5.92 Å². The van der Waals surface area contributed by atoms with Crippen LogP contribution in [0, 0.1) is 5.92 Å². The molecule has 0 aromatic heterocycles. The lowest BCUT2D eigenvalue weighted by atomic mass is 9.89. The lowest BCUT2D eigenvalue weighted by molar-refractivity contribution is 0.365. The van der Waals surface area contributed by atoms with Gasteiger partial charge in [-0.25, -0.2) is 0 Å². The molecule has 82 heavy (non-hydrogen) atoms. The van der Waals surface area contributed by atoms with Gasteiger partial charge in [-0.3, -0.25) is 0 Å². The van der Waals surface area contributed by atoms with Crippen molar-refractivity contribution in [2.75, 3.05) is 0 Å². The molecule has 0 unspecified atom stereocenters. The van der Waals surface area contributed by atoms with Crippen molar-refractivity contribution in [2.45, 2.75) is 522 Å². The van der Waals surface area contributed by atoms with Gasteiger partial charge in [-0.15, -0.1) is 0 Å². The number of rotatable bonds is 78. The molecular formula is C82H166. The highest BCUT2D eigenvalue weighted by Gasteiger charge is 2.10. The molecule has 0 bridgehead atoms. The Morgan fingerprint density at radius 1 is 0.0976 bits per heavy atom. The van der Waals surface area contributed by atoms with Crippen LogP contribution >= 0.6 is 0 Å².